The van der Waals surface area contributed by atoms with E-state index in [9.17, 15) is 9.90 Å². The second-order valence-corrected chi connectivity index (χ2v) is 6.26. The third-order valence-corrected chi connectivity index (χ3v) is 4.51. The Kier molecular flexibility index (Phi) is 5.16. The predicted molar refractivity (Wildman–Crippen MR) is 96.2 cm³/mol. The molecule has 0 bridgehead atoms. The lowest BCUT2D eigenvalue weighted by Gasteiger charge is -2.34. The van der Waals surface area contributed by atoms with Gasteiger partial charge in [-0.25, -0.2) is 0 Å². The Morgan fingerprint density at radius 2 is 1.71 bits per heavy atom. The van der Waals surface area contributed by atoms with Gasteiger partial charge in [0.25, 0.3) is 5.91 Å². The first kappa shape index (κ1) is 16.5. The first-order valence-corrected chi connectivity index (χ1v) is 8.58. The highest BCUT2D eigenvalue weighted by molar-refractivity contribution is 5.94. The molecule has 3 rings (SSSR count). The van der Waals surface area contributed by atoms with Gasteiger partial charge < -0.3 is 10.0 Å². The van der Waals surface area contributed by atoms with Gasteiger partial charge in [0.15, 0.2) is 0 Å². The maximum absolute atomic E-state index is 12.6. The molecule has 0 spiro atoms. The van der Waals surface area contributed by atoms with E-state index in [0.717, 1.165) is 55.8 Å². The van der Waals surface area contributed by atoms with Crippen molar-refractivity contribution < 1.29 is 9.90 Å². The zero-order valence-corrected chi connectivity index (χ0v) is 14.1. The van der Waals surface area contributed by atoms with Crippen molar-refractivity contribution in [1.29, 1.82) is 0 Å². The minimum Gasteiger partial charge on any atom is -0.508 e. The molecule has 1 fully saturated rings. The van der Waals surface area contributed by atoms with E-state index in [4.69, 9.17) is 0 Å². The minimum atomic E-state index is 0.105. The molecule has 0 aromatic heterocycles. The maximum atomic E-state index is 12.6. The molecular weight excluding hydrogens is 300 g/mol. The molecule has 24 heavy (non-hydrogen) atoms. The maximum Gasteiger partial charge on any atom is 0.253 e. The van der Waals surface area contributed by atoms with E-state index in [1.165, 1.54) is 0 Å². The molecule has 2 aromatic rings. The number of carbonyl (C=O) groups is 1. The Labute approximate surface area is 143 Å². The second-order valence-electron chi connectivity index (χ2n) is 6.26. The van der Waals surface area contributed by atoms with Gasteiger partial charge in [-0.15, -0.1) is 0 Å². The lowest BCUT2D eigenvalue weighted by Crippen LogP contribution is -2.48. The summed E-state index contributed by atoms with van der Waals surface area (Å²) in [6.07, 6.45) is 1.16. The topological polar surface area (TPSA) is 43.8 Å². The lowest BCUT2D eigenvalue weighted by molar-refractivity contribution is 0.0637. The molecule has 1 aliphatic rings. The van der Waals surface area contributed by atoms with Crippen molar-refractivity contribution in [3.05, 3.63) is 54.1 Å². The van der Waals surface area contributed by atoms with Crippen LogP contribution in [0, 0.1) is 0 Å². The highest BCUT2D eigenvalue weighted by Gasteiger charge is 2.21. The number of carbonyl (C=O) groups excluding carboxylic acids is 1. The Morgan fingerprint density at radius 3 is 2.33 bits per heavy atom. The Balaban J connectivity index is 1.66. The van der Waals surface area contributed by atoms with Crippen molar-refractivity contribution in [2.24, 2.45) is 0 Å². The highest BCUT2D eigenvalue weighted by atomic mass is 16.3. The quantitative estimate of drug-likeness (QED) is 0.939. The second kappa shape index (κ2) is 7.49. The third kappa shape index (κ3) is 3.77. The number of rotatable bonds is 4. The van der Waals surface area contributed by atoms with Gasteiger partial charge >= 0.3 is 0 Å². The summed E-state index contributed by atoms with van der Waals surface area (Å²) in [4.78, 5) is 17.0. The number of piperazine rings is 1. The van der Waals surface area contributed by atoms with Crippen LogP contribution < -0.4 is 0 Å². The average Bonchev–Trinajstić information content (AvgIpc) is 2.62. The summed E-state index contributed by atoms with van der Waals surface area (Å²) in [5.41, 5.74) is 2.67. The molecule has 0 radical (unpaired) electrons. The number of benzene rings is 2. The molecule has 0 unspecified atom stereocenters. The first-order chi connectivity index (χ1) is 11.7. The molecule has 126 valence electrons. The molecular formula is C20H24N2O2. The zero-order chi connectivity index (χ0) is 16.9. The average molecular weight is 324 g/mol. The van der Waals surface area contributed by atoms with Gasteiger partial charge in [0.2, 0.25) is 0 Å². The van der Waals surface area contributed by atoms with Crippen LogP contribution in [0.1, 0.15) is 23.7 Å². The van der Waals surface area contributed by atoms with Gasteiger partial charge in [0.05, 0.1) is 0 Å². The van der Waals surface area contributed by atoms with Crippen LogP contribution in [-0.4, -0.2) is 53.5 Å². The molecule has 1 aliphatic heterocycles. The number of hydrogen-bond acceptors (Lipinski definition) is 3. The molecule has 1 saturated heterocycles. The number of phenols is 1. The van der Waals surface area contributed by atoms with E-state index in [1.54, 1.807) is 12.1 Å². The molecule has 4 nitrogen and oxygen atoms in total. The SMILES string of the molecule is CCCN1CCN(C(=O)c2ccc(-c3cccc(O)c3)cc2)CC1. The van der Waals surface area contributed by atoms with Gasteiger partial charge in [-0.3, -0.25) is 9.69 Å². The monoisotopic (exact) mass is 324 g/mol. The fourth-order valence-corrected chi connectivity index (χ4v) is 3.16. The van der Waals surface area contributed by atoms with Crippen molar-refractivity contribution >= 4 is 5.91 Å². The molecule has 4 heteroatoms. The summed E-state index contributed by atoms with van der Waals surface area (Å²) < 4.78 is 0. The number of hydrogen-bond donors (Lipinski definition) is 1. The lowest BCUT2D eigenvalue weighted by atomic mass is 10.0. The van der Waals surface area contributed by atoms with E-state index in [-0.39, 0.29) is 11.7 Å². The van der Waals surface area contributed by atoms with E-state index in [0.29, 0.717) is 0 Å². The van der Waals surface area contributed by atoms with Crippen LogP contribution in [0.3, 0.4) is 0 Å². The molecule has 2 aromatic carbocycles. The van der Waals surface area contributed by atoms with Gasteiger partial charge in [-0.05, 0) is 48.4 Å². The van der Waals surface area contributed by atoms with Crippen LogP contribution in [0.5, 0.6) is 5.75 Å². The van der Waals surface area contributed by atoms with Crippen LogP contribution in [0.2, 0.25) is 0 Å². The molecule has 1 amide bonds. The zero-order valence-electron chi connectivity index (χ0n) is 14.1. The van der Waals surface area contributed by atoms with Crippen molar-refractivity contribution in [2.75, 3.05) is 32.7 Å². The van der Waals surface area contributed by atoms with E-state index >= 15 is 0 Å². The number of phenolic OH excluding ortho intramolecular Hbond substituents is 1. The van der Waals surface area contributed by atoms with Gasteiger partial charge in [0, 0.05) is 31.7 Å². The van der Waals surface area contributed by atoms with E-state index < -0.39 is 0 Å². The first-order valence-electron chi connectivity index (χ1n) is 8.58. The summed E-state index contributed by atoms with van der Waals surface area (Å²) in [6, 6.07) is 14.8. The normalized spacial score (nSPS) is 15.5. The predicted octanol–water partition coefficient (Wildman–Crippen LogP) is 3.23. The van der Waals surface area contributed by atoms with Crippen LogP contribution in [0.15, 0.2) is 48.5 Å². The van der Waals surface area contributed by atoms with Crippen molar-refractivity contribution in [3.8, 4) is 16.9 Å². The summed E-state index contributed by atoms with van der Waals surface area (Å²) in [6.45, 7) is 6.81. The van der Waals surface area contributed by atoms with Crippen molar-refractivity contribution in [2.45, 2.75) is 13.3 Å². The fraction of sp³-hybridized carbons (Fsp3) is 0.350. The number of nitrogens with zero attached hydrogens (tertiary/aromatic N) is 2. The number of amides is 1. The van der Waals surface area contributed by atoms with Crippen LogP contribution >= 0.6 is 0 Å². The number of aromatic hydroxyl groups is 1. The largest absolute Gasteiger partial charge is 0.508 e. The Morgan fingerprint density at radius 1 is 1.00 bits per heavy atom. The summed E-state index contributed by atoms with van der Waals surface area (Å²) in [5.74, 6) is 0.353. The molecule has 0 atom stereocenters. The smallest absolute Gasteiger partial charge is 0.253 e. The van der Waals surface area contributed by atoms with Crippen LogP contribution in [-0.2, 0) is 0 Å². The Bertz CT molecular complexity index is 689. The van der Waals surface area contributed by atoms with Gasteiger partial charge in [0.1, 0.15) is 5.75 Å². The molecule has 0 aliphatic carbocycles. The van der Waals surface area contributed by atoms with Gasteiger partial charge in [-0.2, -0.15) is 0 Å². The van der Waals surface area contributed by atoms with E-state index in [2.05, 4.69) is 11.8 Å². The third-order valence-electron chi connectivity index (χ3n) is 4.51. The summed E-state index contributed by atoms with van der Waals surface area (Å²) in [5, 5.41) is 9.58. The fourth-order valence-electron chi connectivity index (χ4n) is 3.16. The molecule has 1 heterocycles. The summed E-state index contributed by atoms with van der Waals surface area (Å²) >= 11 is 0. The van der Waals surface area contributed by atoms with Crippen LogP contribution in [0.4, 0.5) is 0 Å². The Hall–Kier alpha value is -2.33. The minimum absolute atomic E-state index is 0.105. The van der Waals surface area contributed by atoms with Crippen molar-refractivity contribution in [3.63, 3.8) is 0 Å². The van der Waals surface area contributed by atoms with Gasteiger partial charge in [-0.1, -0.05) is 31.2 Å². The van der Waals surface area contributed by atoms with Crippen LogP contribution in [0.25, 0.3) is 11.1 Å². The van der Waals surface area contributed by atoms with Crippen molar-refractivity contribution in [1.82, 2.24) is 9.80 Å². The highest BCUT2D eigenvalue weighted by Crippen LogP contribution is 2.23. The molecule has 1 N–H and O–H groups in total. The standard InChI is InChI=1S/C20H24N2O2/c1-2-10-21-11-13-22(14-12-21)20(24)17-8-6-16(7-9-17)18-4-3-5-19(23)15-18/h3-9,15,23H,2,10-14H2,1H3. The molecule has 0 saturated carbocycles. The summed E-state index contributed by atoms with van der Waals surface area (Å²) in [7, 11) is 0. The van der Waals surface area contributed by atoms with E-state index in [1.807, 2.05) is 41.3 Å².